The number of rotatable bonds is 7. The predicted molar refractivity (Wildman–Crippen MR) is 110 cm³/mol. The van der Waals surface area contributed by atoms with E-state index in [1.165, 1.54) is 11.8 Å². The van der Waals surface area contributed by atoms with Gasteiger partial charge in [0.1, 0.15) is 6.54 Å². The highest BCUT2D eigenvalue weighted by Crippen LogP contribution is 2.18. The Kier molecular flexibility index (Phi) is 6.74. The highest BCUT2D eigenvalue weighted by molar-refractivity contribution is 7.92. The minimum absolute atomic E-state index is 0.342. The average Bonchev–Trinajstić information content (AvgIpc) is 2.60. The van der Waals surface area contributed by atoms with Crippen molar-refractivity contribution < 1.29 is 13.2 Å². The molecule has 0 spiro atoms. The summed E-state index contributed by atoms with van der Waals surface area (Å²) in [7, 11) is -3.60. The van der Waals surface area contributed by atoms with E-state index in [2.05, 4.69) is 24.4 Å². The molecule has 0 aromatic heterocycles. The summed E-state index contributed by atoms with van der Waals surface area (Å²) in [5.74, 6) is -0.0736. The lowest BCUT2D eigenvalue weighted by Gasteiger charge is -2.21. The Morgan fingerprint density at radius 1 is 1.11 bits per heavy atom. The summed E-state index contributed by atoms with van der Waals surface area (Å²) in [6, 6.07) is 14.8. The van der Waals surface area contributed by atoms with Gasteiger partial charge in [-0.15, -0.1) is 0 Å². The quantitative estimate of drug-likeness (QED) is 0.586. The summed E-state index contributed by atoms with van der Waals surface area (Å²) in [5.41, 5.74) is 5.88. The number of anilines is 1. The number of sulfonamides is 1. The summed E-state index contributed by atoms with van der Waals surface area (Å²) in [6.07, 6.45) is 2.60. The molecule has 0 aliphatic carbocycles. The second-order valence-electron chi connectivity index (χ2n) is 6.72. The smallest absolute Gasteiger partial charge is 0.260 e. The van der Waals surface area contributed by atoms with Gasteiger partial charge in [0.15, 0.2) is 0 Å². The van der Waals surface area contributed by atoms with Crippen molar-refractivity contribution in [3.8, 4) is 0 Å². The molecule has 1 N–H and O–H groups in total. The van der Waals surface area contributed by atoms with Crippen LogP contribution in [-0.4, -0.2) is 33.3 Å². The lowest BCUT2D eigenvalue weighted by Crippen LogP contribution is -2.39. The third-order valence-corrected chi connectivity index (χ3v) is 5.16. The van der Waals surface area contributed by atoms with Gasteiger partial charge in [0.25, 0.3) is 5.91 Å². The van der Waals surface area contributed by atoms with E-state index in [0.717, 1.165) is 21.7 Å². The van der Waals surface area contributed by atoms with Gasteiger partial charge in [-0.05, 0) is 36.1 Å². The topological polar surface area (TPSA) is 78.8 Å². The zero-order valence-corrected chi connectivity index (χ0v) is 16.8. The van der Waals surface area contributed by atoms with Crippen LogP contribution in [0.3, 0.4) is 0 Å². The van der Waals surface area contributed by atoms with Crippen LogP contribution in [-0.2, 0) is 14.8 Å². The number of hydrazone groups is 1. The van der Waals surface area contributed by atoms with Gasteiger partial charge in [-0.2, -0.15) is 5.10 Å². The lowest BCUT2D eigenvalue weighted by atomic mass is 10.0. The fourth-order valence-electron chi connectivity index (χ4n) is 2.42. The largest absolute Gasteiger partial charge is 0.271 e. The van der Waals surface area contributed by atoms with E-state index in [1.54, 1.807) is 24.3 Å². The van der Waals surface area contributed by atoms with E-state index >= 15 is 0 Å². The van der Waals surface area contributed by atoms with Gasteiger partial charge in [0.2, 0.25) is 10.0 Å². The van der Waals surface area contributed by atoms with Gasteiger partial charge < -0.3 is 0 Å². The Hall–Kier alpha value is -2.67. The van der Waals surface area contributed by atoms with Gasteiger partial charge in [-0.3, -0.25) is 9.10 Å². The molecular weight excluding hydrogens is 362 g/mol. The highest BCUT2D eigenvalue weighted by Gasteiger charge is 2.20. The molecule has 1 amide bonds. The Morgan fingerprint density at radius 2 is 1.70 bits per heavy atom. The van der Waals surface area contributed by atoms with Gasteiger partial charge in [0.05, 0.1) is 18.2 Å². The Bertz CT molecular complexity index is 902. The zero-order valence-electron chi connectivity index (χ0n) is 16.0. The van der Waals surface area contributed by atoms with Gasteiger partial charge in [0, 0.05) is 0 Å². The Balaban J connectivity index is 2.02. The van der Waals surface area contributed by atoms with Gasteiger partial charge >= 0.3 is 0 Å². The molecule has 2 aromatic carbocycles. The highest BCUT2D eigenvalue weighted by atomic mass is 32.2. The maximum atomic E-state index is 12.1. The van der Waals surface area contributed by atoms with Crippen LogP contribution in [0.1, 0.15) is 36.5 Å². The normalized spacial score (nSPS) is 11.7. The molecule has 0 aliphatic rings. The average molecular weight is 388 g/mol. The van der Waals surface area contributed by atoms with Crippen molar-refractivity contribution in [2.45, 2.75) is 26.7 Å². The molecule has 144 valence electrons. The standard InChI is InChI=1S/C20H25N3O3S/c1-15(2)18-9-7-17(8-10-18)13-21-22-20(24)14-23(27(4,25)26)19-11-5-16(3)6-12-19/h5-13,15H,14H2,1-4H3,(H,22,24)/b21-13-. The van der Waals surface area contributed by atoms with Crippen molar-refractivity contribution >= 4 is 27.8 Å². The third-order valence-electron chi connectivity index (χ3n) is 4.02. The molecule has 0 heterocycles. The van der Waals surface area contributed by atoms with Crippen LogP contribution in [0.2, 0.25) is 0 Å². The SMILES string of the molecule is Cc1ccc(N(CC(=O)N/N=C\c2ccc(C(C)C)cc2)S(C)(=O)=O)cc1. The van der Waals surface area contributed by atoms with E-state index in [0.29, 0.717) is 11.6 Å². The molecule has 0 aliphatic heterocycles. The number of carbonyl (C=O) groups excluding carboxylic acids is 1. The van der Waals surface area contributed by atoms with Gasteiger partial charge in [-0.1, -0.05) is 55.8 Å². The predicted octanol–water partition coefficient (Wildman–Crippen LogP) is 3.03. The van der Waals surface area contributed by atoms with Crippen molar-refractivity contribution in [1.29, 1.82) is 0 Å². The Morgan fingerprint density at radius 3 is 2.22 bits per heavy atom. The summed E-state index contributed by atoms with van der Waals surface area (Å²) >= 11 is 0. The van der Waals surface area contributed by atoms with Crippen molar-refractivity contribution in [2.24, 2.45) is 5.10 Å². The second kappa shape index (κ2) is 8.81. The number of hydrogen-bond acceptors (Lipinski definition) is 4. The molecule has 27 heavy (non-hydrogen) atoms. The monoisotopic (exact) mass is 387 g/mol. The van der Waals surface area contributed by atoms with Crippen molar-refractivity contribution in [2.75, 3.05) is 17.1 Å². The number of amides is 1. The maximum absolute atomic E-state index is 12.1. The van der Waals surface area contributed by atoms with Crippen LogP contribution in [0, 0.1) is 6.92 Å². The van der Waals surface area contributed by atoms with Crippen LogP contribution in [0.4, 0.5) is 5.69 Å². The molecule has 2 aromatic rings. The van der Waals surface area contributed by atoms with Crippen molar-refractivity contribution in [3.63, 3.8) is 0 Å². The van der Waals surface area contributed by atoms with Crippen LogP contribution >= 0.6 is 0 Å². The van der Waals surface area contributed by atoms with E-state index in [9.17, 15) is 13.2 Å². The number of hydrogen-bond donors (Lipinski definition) is 1. The second-order valence-corrected chi connectivity index (χ2v) is 8.63. The van der Waals surface area contributed by atoms with E-state index < -0.39 is 15.9 Å². The lowest BCUT2D eigenvalue weighted by molar-refractivity contribution is -0.119. The van der Waals surface area contributed by atoms with Crippen molar-refractivity contribution in [1.82, 2.24) is 5.43 Å². The molecule has 0 fully saturated rings. The molecule has 6 nitrogen and oxygen atoms in total. The summed E-state index contributed by atoms with van der Waals surface area (Å²) in [5, 5.41) is 3.91. The molecular formula is C20H25N3O3S. The van der Waals surface area contributed by atoms with Crippen LogP contribution in [0.5, 0.6) is 0 Å². The minimum atomic E-state index is -3.60. The molecule has 0 saturated heterocycles. The van der Waals surface area contributed by atoms with Crippen LogP contribution in [0.15, 0.2) is 53.6 Å². The molecule has 2 rings (SSSR count). The molecule has 0 atom stereocenters. The number of nitrogens with zero attached hydrogens (tertiary/aromatic N) is 2. The van der Waals surface area contributed by atoms with E-state index in [-0.39, 0.29) is 6.54 Å². The van der Waals surface area contributed by atoms with Crippen LogP contribution in [0.25, 0.3) is 0 Å². The third kappa shape index (κ3) is 6.21. The number of carbonyl (C=O) groups is 1. The van der Waals surface area contributed by atoms with E-state index in [1.807, 2.05) is 31.2 Å². The number of benzene rings is 2. The Labute approximate surface area is 161 Å². The zero-order chi connectivity index (χ0) is 20.0. The van der Waals surface area contributed by atoms with E-state index in [4.69, 9.17) is 0 Å². The first-order valence-electron chi connectivity index (χ1n) is 8.63. The van der Waals surface area contributed by atoms with Gasteiger partial charge in [-0.25, -0.2) is 13.8 Å². The minimum Gasteiger partial charge on any atom is -0.271 e. The summed E-state index contributed by atoms with van der Waals surface area (Å²) < 4.78 is 25.1. The molecule has 7 heteroatoms. The van der Waals surface area contributed by atoms with Crippen LogP contribution < -0.4 is 9.73 Å². The first-order valence-corrected chi connectivity index (χ1v) is 10.5. The number of aryl methyl sites for hydroxylation is 1. The molecule has 0 radical (unpaired) electrons. The molecule has 0 bridgehead atoms. The molecule has 0 saturated carbocycles. The first-order chi connectivity index (χ1) is 12.7. The summed E-state index contributed by atoms with van der Waals surface area (Å²) in [6.45, 7) is 5.80. The fourth-order valence-corrected chi connectivity index (χ4v) is 3.28. The summed E-state index contributed by atoms with van der Waals surface area (Å²) in [4.78, 5) is 12.1. The molecule has 0 unspecified atom stereocenters. The maximum Gasteiger partial charge on any atom is 0.260 e. The number of nitrogens with one attached hydrogen (secondary N) is 1. The fraction of sp³-hybridized carbons (Fsp3) is 0.300. The first kappa shape index (κ1) is 20.6. The van der Waals surface area contributed by atoms with Crippen molar-refractivity contribution in [3.05, 3.63) is 65.2 Å².